The van der Waals surface area contributed by atoms with Crippen LogP contribution in [-0.2, 0) is 0 Å². The first-order valence-electron chi connectivity index (χ1n) is 6.62. The monoisotopic (exact) mass is 269 g/mol. The van der Waals surface area contributed by atoms with Crippen LogP contribution in [0.5, 0.6) is 0 Å². The van der Waals surface area contributed by atoms with Crippen molar-refractivity contribution in [3.63, 3.8) is 0 Å². The molecule has 2 rings (SSSR count). The number of anilines is 2. The maximum absolute atomic E-state index is 12.3. The molecule has 1 aromatic carbocycles. The van der Waals surface area contributed by atoms with Crippen molar-refractivity contribution in [1.82, 2.24) is 4.98 Å². The topological polar surface area (TPSA) is 68.0 Å². The van der Waals surface area contributed by atoms with Crippen molar-refractivity contribution >= 4 is 17.4 Å². The van der Waals surface area contributed by atoms with Crippen LogP contribution in [0.15, 0.2) is 36.4 Å². The van der Waals surface area contributed by atoms with Crippen molar-refractivity contribution < 1.29 is 4.79 Å². The molecule has 104 valence electrons. The summed E-state index contributed by atoms with van der Waals surface area (Å²) >= 11 is 0. The summed E-state index contributed by atoms with van der Waals surface area (Å²) < 4.78 is 0. The van der Waals surface area contributed by atoms with Gasteiger partial charge in [0.2, 0.25) is 0 Å². The molecule has 1 aromatic heterocycles. The molecule has 0 aliphatic rings. The lowest BCUT2D eigenvalue weighted by Gasteiger charge is -2.11. The molecule has 0 radical (unpaired) electrons. The van der Waals surface area contributed by atoms with Gasteiger partial charge in [-0.1, -0.05) is 32.0 Å². The molecule has 20 heavy (non-hydrogen) atoms. The van der Waals surface area contributed by atoms with E-state index in [9.17, 15) is 4.79 Å². The number of nitrogen functional groups attached to an aromatic ring is 1. The van der Waals surface area contributed by atoms with E-state index in [1.165, 1.54) is 0 Å². The van der Waals surface area contributed by atoms with Crippen LogP contribution in [0.1, 0.15) is 41.4 Å². The molecule has 0 saturated carbocycles. The highest BCUT2D eigenvalue weighted by Gasteiger charge is 2.11. The van der Waals surface area contributed by atoms with E-state index < -0.39 is 0 Å². The molecule has 0 atom stereocenters. The number of nitrogens with two attached hydrogens (primary N) is 1. The zero-order chi connectivity index (χ0) is 14.7. The lowest BCUT2D eigenvalue weighted by Crippen LogP contribution is -2.14. The normalized spacial score (nSPS) is 10.6. The van der Waals surface area contributed by atoms with Crippen LogP contribution in [0.25, 0.3) is 0 Å². The standard InChI is InChI=1S/C16H19N3O/c1-10(2)14-8-12(9-15(17)18-14)16(20)19-13-7-5-4-6-11(13)3/h4-10H,1-3H3,(H2,17,18)(H,19,20). The van der Waals surface area contributed by atoms with Gasteiger partial charge < -0.3 is 11.1 Å². The van der Waals surface area contributed by atoms with Gasteiger partial charge in [-0.25, -0.2) is 4.98 Å². The fourth-order valence-electron chi connectivity index (χ4n) is 1.91. The second-order valence-corrected chi connectivity index (χ2v) is 5.13. The van der Waals surface area contributed by atoms with E-state index in [-0.39, 0.29) is 11.8 Å². The molecule has 0 fully saturated rings. The minimum absolute atomic E-state index is 0.171. The van der Waals surface area contributed by atoms with E-state index in [4.69, 9.17) is 5.73 Å². The van der Waals surface area contributed by atoms with Crippen molar-refractivity contribution in [2.45, 2.75) is 26.7 Å². The van der Waals surface area contributed by atoms with E-state index in [2.05, 4.69) is 10.3 Å². The molecule has 0 spiro atoms. The average Bonchev–Trinajstić information content (AvgIpc) is 2.40. The number of carbonyl (C=O) groups excluding carboxylic acids is 1. The first-order chi connectivity index (χ1) is 9.47. The summed E-state index contributed by atoms with van der Waals surface area (Å²) in [5, 5.41) is 2.90. The number of carbonyl (C=O) groups is 1. The van der Waals surface area contributed by atoms with Gasteiger partial charge in [-0.15, -0.1) is 0 Å². The largest absolute Gasteiger partial charge is 0.384 e. The quantitative estimate of drug-likeness (QED) is 0.897. The first kappa shape index (κ1) is 14.1. The minimum Gasteiger partial charge on any atom is -0.384 e. The number of aryl methyl sites for hydroxylation is 1. The Morgan fingerprint density at radius 1 is 1.25 bits per heavy atom. The maximum atomic E-state index is 12.3. The Labute approximate surface area is 119 Å². The van der Waals surface area contributed by atoms with Gasteiger partial charge in [-0.3, -0.25) is 4.79 Å². The molecule has 4 heteroatoms. The summed E-state index contributed by atoms with van der Waals surface area (Å²) in [5.74, 6) is 0.421. The van der Waals surface area contributed by atoms with Crippen molar-refractivity contribution in [2.75, 3.05) is 11.1 Å². The van der Waals surface area contributed by atoms with Crippen molar-refractivity contribution in [2.24, 2.45) is 0 Å². The third-order valence-electron chi connectivity index (χ3n) is 3.11. The minimum atomic E-state index is -0.171. The first-order valence-corrected chi connectivity index (χ1v) is 6.62. The van der Waals surface area contributed by atoms with Crippen LogP contribution in [0.4, 0.5) is 11.5 Å². The van der Waals surface area contributed by atoms with E-state index >= 15 is 0 Å². The average molecular weight is 269 g/mol. The third kappa shape index (κ3) is 3.15. The molecule has 0 aliphatic carbocycles. The Balaban J connectivity index is 2.28. The van der Waals surface area contributed by atoms with E-state index in [1.54, 1.807) is 12.1 Å². The summed E-state index contributed by atoms with van der Waals surface area (Å²) in [6.45, 7) is 5.99. The number of nitrogens with zero attached hydrogens (tertiary/aromatic N) is 1. The van der Waals surface area contributed by atoms with Gasteiger partial charge in [0.15, 0.2) is 0 Å². The molecule has 0 unspecified atom stereocenters. The highest BCUT2D eigenvalue weighted by Crippen LogP contribution is 2.18. The van der Waals surface area contributed by atoms with Crippen LogP contribution in [0.2, 0.25) is 0 Å². The molecule has 0 aliphatic heterocycles. The van der Waals surface area contributed by atoms with E-state index in [1.807, 2.05) is 45.0 Å². The second-order valence-electron chi connectivity index (χ2n) is 5.13. The molecule has 1 heterocycles. The fourth-order valence-corrected chi connectivity index (χ4v) is 1.91. The highest BCUT2D eigenvalue weighted by atomic mass is 16.1. The lowest BCUT2D eigenvalue weighted by atomic mass is 10.1. The number of pyridine rings is 1. The molecule has 2 aromatic rings. The number of benzene rings is 1. The number of hydrogen-bond acceptors (Lipinski definition) is 3. The fraction of sp³-hybridized carbons (Fsp3) is 0.250. The number of rotatable bonds is 3. The van der Waals surface area contributed by atoms with Crippen LogP contribution in [0, 0.1) is 6.92 Å². The summed E-state index contributed by atoms with van der Waals surface area (Å²) in [4.78, 5) is 16.5. The van der Waals surface area contributed by atoms with Gasteiger partial charge in [0.25, 0.3) is 5.91 Å². The van der Waals surface area contributed by atoms with Gasteiger partial charge in [0.05, 0.1) is 0 Å². The maximum Gasteiger partial charge on any atom is 0.255 e. The predicted octanol–water partition coefficient (Wildman–Crippen LogP) is 3.35. The van der Waals surface area contributed by atoms with Gasteiger partial charge in [-0.05, 0) is 36.6 Å². The Hall–Kier alpha value is -2.36. The van der Waals surface area contributed by atoms with E-state index in [0.717, 1.165) is 16.9 Å². The Kier molecular flexibility index (Phi) is 4.03. The smallest absolute Gasteiger partial charge is 0.255 e. The Bertz CT molecular complexity index is 635. The summed E-state index contributed by atoms with van der Waals surface area (Å²) in [7, 11) is 0. The molecule has 3 N–H and O–H groups in total. The summed E-state index contributed by atoms with van der Waals surface area (Å²) in [6, 6.07) is 11.0. The van der Waals surface area contributed by atoms with Crippen LogP contribution < -0.4 is 11.1 Å². The third-order valence-corrected chi connectivity index (χ3v) is 3.11. The number of hydrogen-bond donors (Lipinski definition) is 2. The molecule has 0 bridgehead atoms. The summed E-state index contributed by atoms with van der Waals surface area (Å²) in [6.07, 6.45) is 0. The molecular weight excluding hydrogens is 250 g/mol. The van der Waals surface area contributed by atoms with Crippen molar-refractivity contribution in [3.8, 4) is 0 Å². The van der Waals surface area contributed by atoms with Gasteiger partial charge in [-0.2, -0.15) is 0 Å². The zero-order valence-corrected chi connectivity index (χ0v) is 12.0. The molecule has 1 amide bonds. The van der Waals surface area contributed by atoms with Gasteiger partial charge in [0, 0.05) is 16.9 Å². The summed E-state index contributed by atoms with van der Waals surface area (Å²) in [5.41, 5.74) is 8.94. The molecule has 4 nitrogen and oxygen atoms in total. The molecular formula is C16H19N3O. The lowest BCUT2D eigenvalue weighted by molar-refractivity contribution is 0.102. The number of aromatic nitrogens is 1. The zero-order valence-electron chi connectivity index (χ0n) is 12.0. The number of nitrogens with one attached hydrogen (secondary N) is 1. The van der Waals surface area contributed by atoms with Gasteiger partial charge >= 0.3 is 0 Å². The highest BCUT2D eigenvalue weighted by molar-refractivity contribution is 6.05. The molecule has 0 saturated heterocycles. The van der Waals surface area contributed by atoms with Crippen LogP contribution in [0.3, 0.4) is 0 Å². The second kappa shape index (κ2) is 5.74. The van der Waals surface area contributed by atoms with E-state index in [0.29, 0.717) is 11.4 Å². The van der Waals surface area contributed by atoms with Crippen molar-refractivity contribution in [1.29, 1.82) is 0 Å². The number of amides is 1. The van der Waals surface area contributed by atoms with Crippen molar-refractivity contribution in [3.05, 3.63) is 53.2 Å². The van der Waals surface area contributed by atoms with Crippen LogP contribution >= 0.6 is 0 Å². The Morgan fingerprint density at radius 3 is 2.60 bits per heavy atom. The SMILES string of the molecule is Cc1ccccc1NC(=O)c1cc(N)nc(C(C)C)c1. The number of para-hydroxylation sites is 1. The van der Waals surface area contributed by atoms with Crippen LogP contribution in [-0.4, -0.2) is 10.9 Å². The Morgan fingerprint density at radius 2 is 1.95 bits per heavy atom. The predicted molar refractivity (Wildman–Crippen MR) is 81.9 cm³/mol. The van der Waals surface area contributed by atoms with Gasteiger partial charge in [0.1, 0.15) is 5.82 Å².